The molecule has 0 saturated carbocycles. The standard InChI is InChI=1S/C12H14ClFN2S/c1-2-10-3-4-17-12(15-10)16-11-6-8(13)5-9(14)7-11/h5-7,10H,2-4H2,1H3,(H,15,16). The molecule has 0 aliphatic carbocycles. The Morgan fingerprint density at radius 3 is 3.06 bits per heavy atom. The van der Waals surface area contributed by atoms with E-state index < -0.39 is 0 Å². The highest BCUT2D eigenvalue weighted by atomic mass is 35.5. The highest BCUT2D eigenvalue weighted by Gasteiger charge is 2.14. The van der Waals surface area contributed by atoms with Crippen molar-refractivity contribution in [3.05, 3.63) is 29.0 Å². The van der Waals surface area contributed by atoms with Crippen LogP contribution in [0.4, 0.5) is 10.1 Å². The van der Waals surface area contributed by atoms with Gasteiger partial charge in [0.1, 0.15) is 5.82 Å². The van der Waals surface area contributed by atoms with E-state index in [-0.39, 0.29) is 5.82 Å². The number of amidine groups is 1. The Kier molecular flexibility index (Phi) is 4.29. The molecule has 0 bridgehead atoms. The Labute approximate surface area is 110 Å². The zero-order valence-corrected chi connectivity index (χ0v) is 11.1. The van der Waals surface area contributed by atoms with Gasteiger partial charge in [0, 0.05) is 16.5 Å². The van der Waals surface area contributed by atoms with Crippen LogP contribution in [-0.4, -0.2) is 17.0 Å². The molecule has 1 aromatic carbocycles. The smallest absolute Gasteiger partial charge is 0.161 e. The third-order valence-corrected chi connectivity index (χ3v) is 3.71. The maximum absolute atomic E-state index is 13.2. The topological polar surface area (TPSA) is 24.4 Å². The lowest BCUT2D eigenvalue weighted by Crippen LogP contribution is -2.19. The van der Waals surface area contributed by atoms with Gasteiger partial charge in [-0.1, -0.05) is 30.3 Å². The summed E-state index contributed by atoms with van der Waals surface area (Å²) in [4.78, 5) is 4.56. The van der Waals surface area contributed by atoms with Crippen molar-refractivity contribution in [1.82, 2.24) is 0 Å². The molecule has 1 N–H and O–H groups in total. The second-order valence-corrected chi connectivity index (χ2v) is 5.44. The number of thioether (sulfide) groups is 1. The number of nitrogens with one attached hydrogen (secondary N) is 1. The number of rotatable bonds is 2. The predicted molar refractivity (Wildman–Crippen MR) is 73.6 cm³/mol. The van der Waals surface area contributed by atoms with Gasteiger partial charge < -0.3 is 5.32 Å². The number of halogens is 2. The third kappa shape index (κ3) is 3.61. The molecule has 1 atom stereocenters. The van der Waals surface area contributed by atoms with Crippen LogP contribution in [0.1, 0.15) is 19.8 Å². The first-order chi connectivity index (χ1) is 8.17. The number of hydrogen-bond donors (Lipinski definition) is 1. The molecular formula is C12H14ClFN2S. The first kappa shape index (κ1) is 12.7. The molecule has 0 aromatic heterocycles. The minimum absolute atomic E-state index is 0.339. The molecule has 17 heavy (non-hydrogen) atoms. The number of nitrogens with zero attached hydrogens (tertiary/aromatic N) is 1. The van der Waals surface area contributed by atoms with Gasteiger partial charge in [-0.3, -0.25) is 4.99 Å². The third-order valence-electron chi connectivity index (χ3n) is 2.57. The predicted octanol–water partition coefficient (Wildman–Crippen LogP) is 4.16. The van der Waals surface area contributed by atoms with E-state index in [0.717, 1.165) is 23.8 Å². The average molecular weight is 273 g/mol. The molecule has 0 amide bonds. The summed E-state index contributed by atoms with van der Waals surface area (Å²) in [5.74, 6) is 0.710. The molecule has 1 unspecified atom stereocenters. The Morgan fingerprint density at radius 2 is 2.35 bits per heavy atom. The van der Waals surface area contributed by atoms with E-state index in [4.69, 9.17) is 11.6 Å². The van der Waals surface area contributed by atoms with Crippen LogP contribution in [0.3, 0.4) is 0 Å². The van der Waals surface area contributed by atoms with Gasteiger partial charge >= 0.3 is 0 Å². The molecule has 0 saturated heterocycles. The van der Waals surface area contributed by atoms with Gasteiger partial charge in [-0.25, -0.2) is 4.39 Å². The Balaban J connectivity index is 2.12. The van der Waals surface area contributed by atoms with Crippen molar-refractivity contribution in [3.8, 4) is 0 Å². The lowest BCUT2D eigenvalue weighted by molar-refractivity contribution is 0.628. The molecule has 1 aromatic rings. The van der Waals surface area contributed by atoms with Gasteiger partial charge in [0.25, 0.3) is 0 Å². The molecule has 92 valence electrons. The molecule has 2 nitrogen and oxygen atoms in total. The molecular weight excluding hydrogens is 259 g/mol. The van der Waals surface area contributed by atoms with E-state index in [2.05, 4.69) is 17.2 Å². The fourth-order valence-corrected chi connectivity index (χ4v) is 2.89. The largest absolute Gasteiger partial charge is 0.335 e. The maximum atomic E-state index is 13.2. The van der Waals surface area contributed by atoms with E-state index in [1.165, 1.54) is 12.1 Å². The summed E-state index contributed by atoms with van der Waals surface area (Å²) in [6.45, 7) is 2.13. The first-order valence-corrected chi connectivity index (χ1v) is 6.97. The summed E-state index contributed by atoms with van der Waals surface area (Å²) >= 11 is 7.46. The van der Waals surface area contributed by atoms with Crippen molar-refractivity contribution in [2.24, 2.45) is 4.99 Å². The fraction of sp³-hybridized carbons (Fsp3) is 0.417. The van der Waals surface area contributed by atoms with E-state index >= 15 is 0 Å². The monoisotopic (exact) mass is 272 g/mol. The van der Waals surface area contributed by atoms with E-state index in [0.29, 0.717) is 16.8 Å². The molecule has 0 fully saturated rings. The van der Waals surface area contributed by atoms with Gasteiger partial charge in [-0.05, 0) is 31.0 Å². The lowest BCUT2D eigenvalue weighted by Gasteiger charge is -2.19. The van der Waals surface area contributed by atoms with Gasteiger partial charge in [-0.15, -0.1) is 0 Å². The summed E-state index contributed by atoms with van der Waals surface area (Å²) in [6.07, 6.45) is 2.14. The number of aliphatic imine (C=N–C) groups is 1. The first-order valence-electron chi connectivity index (χ1n) is 5.61. The van der Waals surface area contributed by atoms with Crippen molar-refractivity contribution in [2.75, 3.05) is 11.1 Å². The minimum atomic E-state index is -0.339. The number of anilines is 1. The summed E-state index contributed by atoms with van der Waals surface area (Å²) in [6, 6.07) is 4.79. The normalized spacial score (nSPS) is 19.9. The second-order valence-electron chi connectivity index (χ2n) is 3.92. The van der Waals surface area contributed by atoms with Crippen LogP contribution in [0.5, 0.6) is 0 Å². The van der Waals surface area contributed by atoms with Crippen LogP contribution in [0.2, 0.25) is 5.02 Å². The highest BCUT2D eigenvalue weighted by Crippen LogP contribution is 2.23. The summed E-state index contributed by atoms with van der Waals surface area (Å²) < 4.78 is 13.2. The highest BCUT2D eigenvalue weighted by molar-refractivity contribution is 8.14. The maximum Gasteiger partial charge on any atom is 0.161 e. The van der Waals surface area contributed by atoms with Crippen LogP contribution in [-0.2, 0) is 0 Å². The Bertz CT molecular complexity index is 416. The minimum Gasteiger partial charge on any atom is -0.335 e. The second kappa shape index (κ2) is 5.74. The van der Waals surface area contributed by atoms with Crippen molar-refractivity contribution >= 4 is 34.2 Å². The van der Waals surface area contributed by atoms with E-state index in [1.54, 1.807) is 17.8 Å². The van der Waals surface area contributed by atoms with Crippen molar-refractivity contribution in [2.45, 2.75) is 25.8 Å². The van der Waals surface area contributed by atoms with Gasteiger partial charge in [0.2, 0.25) is 0 Å². The molecule has 1 aliphatic rings. The van der Waals surface area contributed by atoms with E-state index in [9.17, 15) is 4.39 Å². The van der Waals surface area contributed by atoms with Gasteiger partial charge in [0.15, 0.2) is 5.17 Å². The van der Waals surface area contributed by atoms with Crippen molar-refractivity contribution in [1.29, 1.82) is 0 Å². The van der Waals surface area contributed by atoms with Crippen molar-refractivity contribution < 1.29 is 4.39 Å². The Morgan fingerprint density at radius 1 is 1.53 bits per heavy atom. The summed E-state index contributed by atoms with van der Waals surface area (Å²) in [7, 11) is 0. The zero-order valence-electron chi connectivity index (χ0n) is 9.54. The fourth-order valence-electron chi connectivity index (χ4n) is 1.67. The SMILES string of the molecule is CCC1CCSC(Nc2cc(F)cc(Cl)c2)=N1. The summed E-state index contributed by atoms with van der Waals surface area (Å²) in [5, 5.41) is 4.36. The van der Waals surface area contributed by atoms with Crippen LogP contribution in [0.15, 0.2) is 23.2 Å². The molecule has 0 spiro atoms. The molecule has 2 rings (SSSR count). The quantitative estimate of drug-likeness (QED) is 0.874. The molecule has 1 heterocycles. The molecule has 0 radical (unpaired) electrons. The van der Waals surface area contributed by atoms with E-state index in [1.807, 2.05) is 0 Å². The van der Waals surface area contributed by atoms with Gasteiger partial charge in [-0.2, -0.15) is 0 Å². The van der Waals surface area contributed by atoms with Crippen LogP contribution < -0.4 is 5.32 Å². The lowest BCUT2D eigenvalue weighted by atomic mass is 10.2. The molecule has 5 heteroatoms. The molecule has 1 aliphatic heterocycles. The average Bonchev–Trinajstić information content (AvgIpc) is 2.28. The van der Waals surface area contributed by atoms with Crippen molar-refractivity contribution in [3.63, 3.8) is 0 Å². The van der Waals surface area contributed by atoms with Crippen LogP contribution >= 0.6 is 23.4 Å². The summed E-state index contributed by atoms with van der Waals surface area (Å²) in [5.41, 5.74) is 0.651. The van der Waals surface area contributed by atoms with Crippen LogP contribution in [0, 0.1) is 5.82 Å². The van der Waals surface area contributed by atoms with Crippen LogP contribution in [0.25, 0.3) is 0 Å². The number of benzene rings is 1. The van der Waals surface area contributed by atoms with Gasteiger partial charge in [0.05, 0.1) is 6.04 Å². The number of hydrogen-bond acceptors (Lipinski definition) is 3. The Hall–Kier alpha value is -0.740. The zero-order chi connectivity index (χ0) is 12.3.